The van der Waals surface area contributed by atoms with Crippen molar-refractivity contribution in [1.82, 2.24) is 0 Å². The molecule has 0 aromatic rings. The molecule has 0 saturated carbocycles. The van der Waals surface area contributed by atoms with Crippen LogP contribution in [0.2, 0.25) is 0 Å². The Morgan fingerprint density at radius 2 is 1.71 bits per heavy atom. The minimum Gasteiger partial charge on any atom is -0.237 e. The van der Waals surface area contributed by atoms with E-state index in [9.17, 15) is 0 Å². The van der Waals surface area contributed by atoms with Crippen molar-refractivity contribution >= 4 is 11.8 Å². The van der Waals surface area contributed by atoms with Crippen molar-refractivity contribution in [2.45, 2.75) is 34.6 Å². The summed E-state index contributed by atoms with van der Waals surface area (Å²) in [6, 6.07) is 0. The van der Waals surface area contributed by atoms with E-state index in [2.05, 4.69) is 40.7 Å². The molecule has 0 aromatic carbocycles. The van der Waals surface area contributed by atoms with Crippen LogP contribution in [0.15, 0.2) is 16.1 Å². The smallest absolute Gasteiger partial charge is 0 e. The third-order valence-corrected chi connectivity index (χ3v) is 3.37. The molecule has 0 aromatic heterocycles. The molecular formula is C12H19SY-. The fourth-order valence-electron chi connectivity index (χ4n) is 1.56. The van der Waals surface area contributed by atoms with Gasteiger partial charge in [0.05, 0.1) is 0 Å². The van der Waals surface area contributed by atoms with E-state index in [-0.39, 0.29) is 32.7 Å². The first kappa shape index (κ1) is 14.9. The predicted octanol–water partition coefficient (Wildman–Crippen LogP) is 4.05. The summed E-state index contributed by atoms with van der Waals surface area (Å²) < 4.78 is 0. The van der Waals surface area contributed by atoms with Crippen molar-refractivity contribution in [1.29, 1.82) is 0 Å². The van der Waals surface area contributed by atoms with Gasteiger partial charge in [0, 0.05) is 32.7 Å². The van der Waals surface area contributed by atoms with Crippen molar-refractivity contribution in [2.24, 2.45) is 11.8 Å². The van der Waals surface area contributed by atoms with E-state index in [0.29, 0.717) is 11.8 Å². The molecule has 1 aliphatic rings. The van der Waals surface area contributed by atoms with Gasteiger partial charge in [-0.2, -0.15) is 11.8 Å². The molecule has 0 nitrogen and oxygen atoms in total. The Morgan fingerprint density at radius 3 is 2.14 bits per heavy atom. The third-order valence-electron chi connectivity index (χ3n) is 2.38. The Morgan fingerprint density at radius 1 is 1.14 bits per heavy atom. The summed E-state index contributed by atoms with van der Waals surface area (Å²) in [7, 11) is 0. The molecule has 2 heteroatoms. The van der Waals surface area contributed by atoms with Crippen LogP contribution in [-0.2, 0) is 32.7 Å². The van der Waals surface area contributed by atoms with E-state index in [0.717, 1.165) is 0 Å². The average Bonchev–Trinajstić information content (AvgIpc) is 2.03. The van der Waals surface area contributed by atoms with Gasteiger partial charge in [0.25, 0.3) is 0 Å². The molecule has 0 atom stereocenters. The number of thioether (sulfide) groups is 1. The van der Waals surface area contributed by atoms with Crippen LogP contribution in [0.4, 0.5) is 0 Å². The Bertz CT molecular complexity index is 249. The largest absolute Gasteiger partial charge is 0.237 e. The summed E-state index contributed by atoms with van der Waals surface area (Å²) in [5, 5.41) is 0. The van der Waals surface area contributed by atoms with Gasteiger partial charge in [-0.1, -0.05) is 46.5 Å². The molecule has 0 unspecified atom stereocenters. The molecule has 0 fully saturated rings. The molecule has 77 valence electrons. The molecule has 0 aliphatic carbocycles. The van der Waals surface area contributed by atoms with E-state index < -0.39 is 0 Å². The van der Waals surface area contributed by atoms with Crippen LogP contribution in [0.3, 0.4) is 0 Å². The first-order valence-electron chi connectivity index (χ1n) is 4.98. The summed E-state index contributed by atoms with van der Waals surface area (Å²) in [4.78, 5) is 1.34. The summed E-state index contributed by atoms with van der Waals surface area (Å²) in [5.74, 6) is 2.46. The Hall–Kier alpha value is 0.934. The number of allylic oxidation sites excluding steroid dienone is 3. The Kier molecular flexibility index (Phi) is 6.94. The van der Waals surface area contributed by atoms with Gasteiger partial charge in [-0.15, -0.1) is 4.91 Å². The summed E-state index contributed by atoms with van der Waals surface area (Å²) >= 11 is 1.92. The quantitative estimate of drug-likeness (QED) is 0.689. The molecule has 1 heterocycles. The Labute approximate surface area is 118 Å². The second-order valence-electron chi connectivity index (χ2n) is 4.22. The van der Waals surface area contributed by atoms with Crippen molar-refractivity contribution in [2.75, 3.05) is 5.75 Å². The van der Waals surface area contributed by atoms with Gasteiger partial charge in [0.1, 0.15) is 0 Å². The molecule has 0 N–H and O–H groups in total. The standard InChI is InChI=1S/C12H19S.Y/c1-8(2)11-6-10(5)13-7-12(11)9(3)4;/h8-9H,7H2,1-5H3;/q-1;. The first-order chi connectivity index (χ1) is 6.02. The summed E-state index contributed by atoms with van der Waals surface area (Å²) in [6.07, 6.45) is 3.51. The van der Waals surface area contributed by atoms with E-state index in [1.807, 2.05) is 11.8 Å². The average molecular weight is 284 g/mol. The third kappa shape index (κ3) is 3.83. The normalized spacial score (nSPS) is 17.2. The molecule has 1 rings (SSSR count). The maximum Gasteiger partial charge on any atom is 0 e. The van der Waals surface area contributed by atoms with Gasteiger partial charge in [0.2, 0.25) is 0 Å². The molecule has 1 aliphatic heterocycles. The van der Waals surface area contributed by atoms with Gasteiger partial charge in [-0.25, -0.2) is 17.2 Å². The first-order valence-corrected chi connectivity index (χ1v) is 5.97. The minimum atomic E-state index is 0. The van der Waals surface area contributed by atoms with E-state index in [4.69, 9.17) is 0 Å². The summed E-state index contributed by atoms with van der Waals surface area (Å²) in [5.41, 5.74) is 3.04. The van der Waals surface area contributed by atoms with E-state index in [1.165, 1.54) is 16.2 Å². The molecule has 14 heavy (non-hydrogen) atoms. The van der Waals surface area contributed by atoms with Crippen LogP contribution >= 0.6 is 11.8 Å². The van der Waals surface area contributed by atoms with Crippen LogP contribution in [0.25, 0.3) is 0 Å². The summed E-state index contributed by atoms with van der Waals surface area (Å²) in [6.45, 7) is 11.2. The second kappa shape index (κ2) is 6.50. The van der Waals surface area contributed by atoms with Crippen molar-refractivity contribution < 1.29 is 32.7 Å². The number of rotatable bonds is 2. The fraction of sp³-hybridized carbons (Fsp3) is 0.667. The molecule has 0 amide bonds. The predicted molar refractivity (Wildman–Crippen MR) is 61.6 cm³/mol. The van der Waals surface area contributed by atoms with Crippen molar-refractivity contribution in [3.8, 4) is 0 Å². The van der Waals surface area contributed by atoms with Gasteiger partial charge in [-0.3, -0.25) is 0 Å². The van der Waals surface area contributed by atoms with Gasteiger partial charge < -0.3 is 0 Å². The zero-order valence-corrected chi connectivity index (χ0v) is 13.5. The van der Waals surface area contributed by atoms with Crippen LogP contribution < -0.4 is 0 Å². The Balaban J connectivity index is 0.00000169. The van der Waals surface area contributed by atoms with Gasteiger partial charge >= 0.3 is 0 Å². The van der Waals surface area contributed by atoms with Crippen LogP contribution in [0.5, 0.6) is 0 Å². The minimum absolute atomic E-state index is 0. The molecule has 0 bridgehead atoms. The second-order valence-corrected chi connectivity index (χ2v) is 5.41. The van der Waals surface area contributed by atoms with Crippen molar-refractivity contribution in [3.05, 3.63) is 22.1 Å². The van der Waals surface area contributed by atoms with Gasteiger partial charge in [0.15, 0.2) is 0 Å². The maximum atomic E-state index is 3.51. The zero-order chi connectivity index (χ0) is 10.0. The van der Waals surface area contributed by atoms with Gasteiger partial charge in [-0.05, 0) is 5.75 Å². The van der Waals surface area contributed by atoms with Crippen molar-refractivity contribution in [3.63, 3.8) is 0 Å². The van der Waals surface area contributed by atoms with Crippen LogP contribution in [0, 0.1) is 17.9 Å². The number of hydrogen-bond donors (Lipinski definition) is 0. The zero-order valence-electron chi connectivity index (χ0n) is 9.85. The molecule has 0 spiro atoms. The fourth-order valence-corrected chi connectivity index (χ4v) is 2.61. The van der Waals surface area contributed by atoms with Crippen LogP contribution in [-0.4, -0.2) is 5.75 Å². The molecule has 1 radical (unpaired) electrons. The SMILES string of the molecule is CC1=[C-]C(C(C)C)=C(C(C)C)CS1.[Y]. The molecule has 0 saturated heterocycles. The molecular weight excluding hydrogens is 265 g/mol. The monoisotopic (exact) mass is 284 g/mol. The van der Waals surface area contributed by atoms with E-state index in [1.54, 1.807) is 5.57 Å². The van der Waals surface area contributed by atoms with Crippen LogP contribution in [0.1, 0.15) is 34.6 Å². The van der Waals surface area contributed by atoms with E-state index >= 15 is 0 Å². The maximum absolute atomic E-state index is 3.51. The number of hydrogen-bond acceptors (Lipinski definition) is 1. The topological polar surface area (TPSA) is 0 Å².